The van der Waals surface area contributed by atoms with Crippen LogP contribution in [0.4, 0.5) is 0 Å². The van der Waals surface area contributed by atoms with Gasteiger partial charge in [-0.3, -0.25) is 0 Å². The molecule has 6 N–H and O–H groups in total. The summed E-state index contributed by atoms with van der Waals surface area (Å²) in [4.78, 5) is 11.9. The molecule has 0 aromatic heterocycles. The number of aliphatic hydroxyl groups is 6. The molecule has 0 aromatic carbocycles. The fraction of sp³-hybridized carbons (Fsp3) is 0.917. The highest BCUT2D eigenvalue weighted by Crippen LogP contribution is 2.70. The van der Waals surface area contributed by atoms with Crippen molar-refractivity contribution < 1.29 is 63.9 Å². The zero-order valence-corrected chi connectivity index (χ0v) is 29.1. The van der Waals surface area contributed by atoms with Crippen LogP contribution < -0.4 is 0 Å². The Hall–Kier alpha value is -1.23. The van der Waals surface area contributed by atoms with Gasteiger partial charge in [0.25, 0.3) is 0 Å². The Labute approximate surface area is 287 Å². The number of hydrogen-bond acceptors (Lipinski definition) is 13. The third-order valence-electron chi connectivity index (χ3n) is 14.5. The number of aliphatic hydroxyl groups excluding tert-OH is 4. The maximum Gasteiger partial charge on any atom is 0.331 e. The van der Waals surface area contributed by atoms with Crippen molar-refractivity contribution in [1.82, 2.24) is 0 Å². The van der Waals surface area contributed by atoms with Crippen LogP contribution in [0.15, 0.2) is 11.6 Å². The number of cyclic esters (lactones) is 1. The van der Waals surface area contributed by atoms with E-state index in [4.69, 9.17) is 28.4 Å². The summed E-state index contributed by atoms with van der Waals surface area (Å²) in [6.45, 7) is 5.98. The Bertz CT molecular complexity index is 1280. The summed E-state index contributed by atoms with van der Waals surface area (Å²) in [5, 5.41) is 65.4. The molecule has 7 rings (SSSR count). The van der Waals surface area contributed by atoms with E-state index in [0.717, 1.165) is 44.1 Å². The molecular formula is C36H56O13. The maximum absolute atomic E-state index is 12.5. The van der Waals surface area contributed by atoms with Crippen LogP contribution in [-0.2, 0) is 33.2 Å². The van der Waals surface area contributed by atoms with Gasteiger partial charge in [0.1, 0.15) is 37.1 Å². The Kier molecular flexibility index (Phi) is 9.60. The Balaban J connectivity index is 0.994. The fourth-order valence-electron chi connectivity index (χ4n) is 11.5. The molecule has 3 heterocycles. The first kappa shape index (κ1) is 36.1. The molecule has 4 aliphatic carbocycles. The van der Waals surface area contributed by atoms with Gasteiger partial charge in [-0.25, -0.2) is 4.79 Å². The highest BCUT2D eigenvalue weighted by molar-refractivity contribution is 5.85. The molecule has 3 aliphatic heterocycles. The Morgan fingerprint density at radius 3 is 2.33 bits per heavy atom. The summed E-state index contributed by atoms with van der Waals surface area (Å²) in [5.74, 6) is 0.0783. The van der Waals surface area contributed by atoms with Crippen LogP contribution in [0, 0.1) is 28.6 Å². The van der Waals surface area contributed by atoms with Gasteiger partial charge in [0, 0.05) is 31.4 Å². The number of rotatable bonds is 7. The van der Waals surface area contributed by atoms with Gasteiger partial charge in [0.15, 0.2) is 12.6 Å². The predicted octanol–water partition coefficient (Wildman–Crippen LogP) is 1.08. The molecule has 278 valence electrons. The largest absolute Gasteiger partial charge is 0.458 e. The number of hydrogen-bond donors (Lipinski definition) is 6. The topological polar surface area (TPSA) is 194 Å². The van der Waals surface area contributed by atoms with E-state index in [9.17, 15) is 35.4 Å². The zero-order chi connectivity index (χ0) is 35.1. The lowest BCUT2D eigenvalue weighted by Crippen LogP contribution is -2.67. The quantitative estimate of drug-likeness (QED) is 0.164. The van der Waals surface area contributed by atoms with Crippen LogP contribution in [0.1, 0.15) is 85.0 Å². The van der Waals surface area contributed by atoms with E-state index in [1.54, 1.807) is 20.1 Å². The van der Waals surface area contributed by atoms with Crippen LogP contribution in [0.5, 0.6) is 0 Å². The molecule has 0 amide bonds. The van der Waals surface area contributed by atoms with E-state index in [0.29, 0.717) is 32.3 Å². The van der Waals surface area contributed by atoms with E-state index in [1.807, 2.05) is 0 Å². The molecule has 0 unspecified atom stereocenters. The molecule has 49 heavy (non-hydrogen) atoms. The lowest BCUT2D eigenvalue weighted by atomic mass is 9.42. The van der Waals surface area contributed by atoms with Crippen LogP contribution >= 0.6 is 0 Å². The average Bonchev–Trinajstić information content (AvgIpc) is 3.61. The lowest BCUT2D eigenvalue weighted by molar-refractivity contribution is -0.347. The van der Waals surface area contributed by atoms with E-state index in [1.165, 1.54) is 0 Å². The summed E-state index contributed by atoms with van der Waals surface area (Å²) >= 11 is 0. The average molecular weight is 697 g/mol. The van der Waals surface area contributed by atoms with Crippen LogP contribution in [0.25, 0.3) is 0 Å². The Morgan fingerprint density at radius 1 is 0.898 bits per heavy atom. The van der Waals surface area contributed by atoms with Gasteiger partial charge in [-0.15, -0.1) is 0 Å². The van der Waals surface area contributed by atoms with Crippen molar-refractivity contribution in [2.75, 3.05) is 20.3 Å². The fourth-order valence-corrected chi connectivity index (χ4v) is 11.5. The third-order valence-corrected chi connectivity index (χ3v) is 14.5. The molecule has 4 saturated carbocycles. The smallest absolute Gasteiger partial charge is 0.331 e. The standard InChI is InChI=1S/C36H56O13/c1-18-31(49-32-30(41)29(40)28(39)25(16-37)48-32)24(44-4)14-27(46-18)47-20-5-9-33(2)22-6-10-34(3)21(19-13-26(38)45-17-19)8-12-36(34,43)23(22)7-11-35(33,42)15-20/h13,18,20-25,27-32,37,39-43H,5-12,14-17H2,1-4H3/t18-,20+,21-,22+,23-,24+,25-,27+,28-,29+,30-,31-,32+,33-,34-,35-,36+/m1/s1. The molecule has 6 fully saturated rings. The van der Waals surface area contributed by atoms with Crippen molar-refractivity contribution in [3.63, 3.8) is 0 Å². The minimum Gasteiger partial charge on any atom is -0.458 e. The molecule has 0 radical (unpaired) electrons. The van der Waals surface area contributed by atoms with Crippen molar-refractivity contribution in [2.24, 2.45) is 28.6 Å². The van der Waals surface area contributed by atoms with E-state index in [2.05, 4.69) is 13.8 Å². The number of carbonyl (C=O) groups is 1. The van der Waals surface area contributed by atoms with E-state index >= 15 is 0 Å². The third kappa shape index (κ3) is 5.65. The van der Waals surface area contributed by atoms with Gasteiger partial charge in [0.05, 0.1) is 36.1 Å². The summed E-state index contributed by atoms with van der Waals surface area (Å²) in [5.41, 5.74) is -1.52. The van der Waals surface area contributed by atoms with Crippen LogP contribution in [0.2, 0.25) is 0 Å². The Morgan fingerprint density at radius 2 is 1.63 bits per heavy atom. The number of methoxy groups -OCH3 is 1. The van der Waals surface area contributed by atoms with E-state index < -0.39 is 73.1 Å². The van der Waals surface area contributed by atoms with Crippen molar-refractivity contribution >= 4 is 5.97 Å². The predicted molar refractivity (Wildman–Crippen MR) is 170 cm³/mol. The van der Waals surface area contributed by atoms with Gasteiger partial charge in [0.2, 0.25) is 0 Å². The van der Waals surface area contributed by atoms with Gasteiger partial charge < -0.3 is 59.1 Å². The summed E-state index contributed by atoms with van der Waals surface area (Å²) < 4.78 is 35.4. The first-order valence-corrected chi connectivity index (χ1v) is 18.3. The minimum absolute atomic E-state index is 0.0724. The molecule has 2 saturated heterocycles. The van der Waals surface area contributed by atoms with Gasteiger partial charge in [-0.1, -0.05) is 13.8 Å². The summed E-state index contributed by atoms with van der Waals surface area (Å²) in [6.07, 6.45) is -1.10. The van der Waals surface area contributed by atoms with Gasteiger partial charge in [-0.2, -0.15) is 0 Å². The first-order chi connectivity index (χ1) is 23.2. The molecular weight excluding hydrogens is 640 g/mol. The molecule has 17 atom stereocenters. The van der Waals surface area contributed by atoms with Crippen LogP contribution in [0.3, 0.4) is 0 Å². The van der Waals surface area contributed by atoms with E-state index in [-0.39, 0.29) is 40.7 Å². The molecule has 0 bridgehead atoms. The SMILES string of the molecule is CO[C@H]1C[C@H](O[C@H]2CC[C@]3(C)[C@H]4CC[C@]5(C)[C@@H](C6=CC(=O)OC6)CC[C@]5(O)[C@@H]4CC[C@@]3(O)C2)O[C@H](C)[C@H]1O[C@@H]1O[C@H](CO)[C@@H](O)[C@H](O)[C@H]1O. The zero-order valence-electron chi connectivity index (χ0n) is 29.1. The van der Waals surface area contributed by atoms with Crippen molar-refractivity contribution in [2.45, 2.75) is 158 Å². The molecule has 7 aliphatic rings. The highest BCUT2D eigenvalue weighted by Gasteiger charge is 2.70. The second kappa shape index (κ2) is 13.0. The molecule has 13 heteroatoms. The maximum atomic E-state index is 12.5. The first-order valence-electron chi connectivity index (χ1n) is 18.3. The normalized spacial score (nSPS) is 54.4. The van der Waals surface area contributed by atoms with Gasteiger partial charge >= 0.3 is 5.97 Å². The summed E-state index contributed by atoms with van der Waals surface area (Å²) in [7, 11) is 1.55. The van der Waals surface area contributed by atoms with Crippen molar-refractivity contribution in [3.05, 3.63) is 11.6 Å². The lowest BCUT2D eigenvalue weighted by Gasteiger charge is -2.66. The second-order valence-corrected chi connectivity index (χ2v) is 16.6. The molecule has 13 nitrogen and oxygen atoms in total. The number of esters is 1. The number of ether oxygens (including phenoxy) is 6. The second-order valence-electron chi connectivity index (χ2n) is 16.6. The highest BCUT2D eigenvalue weighted by atomic mass is 16.7. The van der Waals surface area contributed by atoms with Gasteiger partial charge in [-0.05, 0) is 87.0 Å². The number of carbonyl (C=O) groups excluding carboxylic acids is 1. The van der Waals surface area contributed by atoms with Crippen LogP contribution in [-0.4, -0.2) is 130 Å². The molecule has 0 aromatic rings. The monoisotopic (exact) mass is 696 g/mol. The summed E-state index contributed by atoms with van der Waals surface area (Å²) in [6, 6.07) is 0. The van der Waals surface area contributed by atoms with Crippen molar-refractivity contribution in [3.8, 4) is 0 Å². The molecule has 0 spiro atoms. The number of fused-ring (bicyclic) bond motifs is 5. The minimum atomic E-state index is -1.56. The van der Waals surface area contributed by atoms with Crippen molar-refractivity contribution in [1.29, 1.82) is 0 Å².